The van der Waals surface area contributed by atoms with Gasteiger partial charge < -0.3 is 14.0 Å². The topological polar surface area (TPSA) is 90.7 Å². The van der Waals surface area contributed by atoms with Gasteiger partial charge in [0.05, 0.1) is 35.4 Å². The minimum absolute atomic E-state index is 0.139. The summed E-state index contributed by atoms with van der Waals surface area (Å²) in [6.45, 7) is 7.67. The van der Waals surface area contributed by atoms with E-state index in [1.54, 1.807) is 4.57 Å². The molecular weight excluding hydrogens is 494 g/mol. The molecule has 0 spiro atoms. The molecule has 37 heavy (non-hydrogen) atoms. The molecule has 0 saturated carbocycles. The van der Waals surface area contributed by atoms with Gasteiger partial charge in [0, 0.05) is 28.1 Å². The zero-order chi connectivity index (χ0) is 25.8. The summed E-state index contributed by atoms with van der Waals surface area (Å²) in [5.41, 5.74) is 5.92. The van der Waals surface area contributed by atoms with E-state index < -0.39 is 12.1 Å². The van der Waals surface area contributed by atoms with Gasteiger partial charge in [-0.05, 0) is 68.1 Å². The van der Waals surface area contributed by atoms with Crippen molar-refractivity contribution >= 4 is 34.9 Å². The van der Waals surface area contributed by atoms with Crippen molar-refractivity contribution in [2.24, 2.45) is 5.92 Å². The number of carbonyl (C=O) groups excluding carboxylic acids is 2. The van der Waals surface area contributed by atoms with Crippen LogP contribution in [0, 0.1) is 12.8 Å². The van der Waals surface area contributed by atoms with E-state index in [0.717, 1.165) is 53.3 Å². The summed E-state index contributed by atoms with van der Waals surface area (Å²) in [5.74, 6) is 0.214. The lowest BCUT2D eigenvalue weighted by atomic mass is 9.95. The standard InChI is InChI=1S/C28H28ClN3O5/c1-15-3-5-31(6-4-15)11-19-17-7-16(2)22(29)9-23(17)30-27-20(19)12-32-24(27)8-18-21(28(32)35)13-36-26(34)10-25(18)37-14-33/h7-9,14-15,25H,3-6,10-13H2,1-2H3. The third kappa shape index (κ3) is 4.12. The summed E-state index contributed by atoms with van der Waals surface area (Å²) in [4.78, 5) is 44.5. The van der Waals surface area contributed by atoms with E-state index in [1.165, 1.54) is 18.4 Å². The fourth-order valence-corrected chi connectivity index (χ4v) is 5.98. The Morgan fingerprint density at radius 1 is 1.19 bits per heavy atom. The van der Waals surface area contributed by atoms with Crippen LogP contribution in [0.3, 0.4) is 0 Å². The average Bonchev–Trinajstić information content (AvgIpc) is 3.15. The number of esters is 1. The van der Waals surface area contributed by atoms with Gasteiger partial charge >= 0.3 is 5.97 Å². The largest absolute Gasteiger partial charge is 0.460 e. The van der Waals surface area contributed by atoms with Crippen molar-refractivity contribution in [2.75, 3.05) is 13.1 Å². The number of ether oxygens (including phenoxy) is 2. The molecule has 3 aromatic rings. The van der Waals surface area contributed by atoms with Gasteiger partial charge in [-0.1, -0.05) is 18.5 Å². The SMILES string of the molecule is Cc1cc2c(CN3CCC(C)CC3)c3c(nc2cc1Cl)-c1cc2c(c(=O)n1C3)COC(=O)CC2OC=O. The van der Waals surface area contributed by atoms with Crippen LogP contribution in [0.4, 0.5) is 0 Å². The number of halogens is 1. The van der Waals surface area contributed by atoms with Gasteiger partial charge in [0.25, 0.3) is 12.0 Å². The lowest BCUT2D eigenvalue weighted by molar-refractivity contribution is -0.148. The Labute approximate surface area is 219 Å². The highest BCUT2D eigenvalue weighted by molar-refractivity contribution is 6.32. The van der Waals surface area contributed by atoms with Crippen molar-refractivity contribution in [1.82, 2.24) is 14.5 Å². The van der Waals surface area contributed by atoms with Crippen LogP contribution in [-0.4, -0.2) is 40.0 Å². The first kappa shape index (κ1) is 24.1. The van der Waals surface area contributed by atoms with Crippen LogP contribution in [0.25, 0.3) is 22.3 Å². The molecule has 192 valence electrons. The maximum atomic E-state index is 13.7. The third-order valence-electron chi connectivity index (χ3n) is 8.03. The molecular formula is C28H28ClN3O5. The molecule has 8 nitrogen and oxygen atoms in total. The van der Waals surface area contributed by atoms with Crippen LogP contribution in [-0.2, 0) is 38.8 Å². The van der Waals surface area contributed by atoms with Gasteiger partial charge in [0.15, 0.2) is 0 Å². The van der Waals surface area contributed by atoms with Crippen LogP contribution in [0.15, 0.2) is 23.0 Å². The Hall–Kier alpha value is -3.23. The molecule has 5 heterocycles. The number of hydrogen-bond donors (Lipinski definition) is 0. The van der Waals surface area contributed by atoms with Crippen molar-refractivity contribution in [3.05, 3.63) is 61.4 Å². The number of cyclic esters (lactones) is 1. The Kier molecular flexibility index (Phi) is 6.04. The monoisotopic (exact) mass is 521 g/mol. The number of aromatic nitrogens is 2. The molecule has 6 rings (SSSR count). The Morgan fingerprint density at radius 2 is 1.97 bits per heavy atom. The van der Waals surface area contributed by atoms with Gasteiger partial charge in [0.2, 0.25) is 0 Å². The maximum Gasteiger partial charge on any atom is 0.310 e. The van der Waals surface area contributed by atoms with E-state index in [2.05, 4.69) is 17.9 Å². The molecule has 0 radical (unpaired) electrons. The molecule has 3 aliphatic heterocycles. The number of aryl methyl sites for hydroxylation is 1. The maximum absolute atomic E-state index is 13.7. The molecule has 2 aromatic heterocycles. The fourth-order valence-electron chi connectivity index (χ4n) is 5.82. The summed E-state index contributed by atoms with van der Waals surface area (Å²) < 4.78 is 12.2. The van der Waals surface area contributed by atoms with E-state index in [1.807, 2.05) is 19.1 Å². The highest BCUT2D eigenvalue weighted by atomic mass is 35.5. The molecule has 1 unspecified atom stereocenters. The smallest absolute Gasteiger partial charge is 0.310 e. The second-order valence-corrected chi connectivity index (χ2v) is 10.8. The first-order valence-electron chi connectivity index (χ1n) is 12.7. The quantitative estimate of drug-likeness (QED) is 0.292. The predicted octanol–water partition coefficient (Wildman–Crippen LogP) is 4.28. The fraction of sp³-hybridized carbons (Fsp3) is 0.429. The molecule has 0 aliphatic carbocycles. The molecule has 9 heteroatoms. The average molecular weight is 522 g/mol. The van der Waals surface area contributed by atoms with E-state index >= 15 is 0 Å². The van der Waals surface area contributed by atoms with E-state index in [0.29, 0.717) is 34.9 Å². The summed E-state index contributed by atoms with van der Waals surface area (Å²) >= 11 is 6.50. The lowest BCUT2D eigenvalue weighted by Gasteiger charge is -2.31. The van der Waals surface area contributed by atoms with Crippen LogP contribution in [0.5, 0.6) is 0 Å². The predicted molar refractivity (Wildman–Crippen MR) is 138 cm³/mol. The molecule has 1 atom stereocenters. The second kappa shape index (κ2) is 9.26. The number of fused-ring (bicyclic) bond motifs is 5. The number of likely N-dealkylation sites (tertiary alicyclic amines) is 1. The van der Waals surface area contributed by atoms with Crippen molar-refractivity contribution < 1.29 is 19.1 Å². The number of rotatable bonds is 4. The highest BCUT2D eigenvalue weighted by Gasteiger charge is 2.34. The zero-order valence-corrected chi connectivity index (χ0v) is 21.6. The highest BCUT2D eigenvalue weighted by Crippen LogP contribution is 2.40. The van der Waals surface area contributed by atoms with Gasteiger partial charge in [-0.25, -0.2) is 4.98 Å². The molecule has 0 N–H and O–H groups in total. The molecule has 3 aliphatic rings. The van der Waals surface area contributed by atoms with Crippen LogP contribution in [0.2, 0.25) is 5.02 Å². The first-order chi connectivity index (χ1) is 17.8. The first-order valence-corrected chi connectivity index (χ1v) is 13.1. The van der Waals surface area contributed by atoms with Crippen LogP contribution in [0.1, 0.15) is 60.1 Å². The number of piperidine rings is 1. The van der Waals surface area contributed by atoms with E-state index in [9.17, 15) is 14.4 Å². The molecule has 0 bridgehead atoms. The van der Waals surface area contributed by atoms with E-state index in [4.69, 9.17) is 26.1 Å². The van der Waals surface area contributed by atoms with Crippen LogP contribution < -0.4 is 5.56 Å². The number of carbonyl (C=O) groups is 2. The molecule has 1 saturated heterocycles. The number of benzene rings is 1. The van der Waals surface area contributed by atoms with Crippen molar-refractivity contribution in [3.8, 4) is 11.4 Å². The Bertz CT molecular complexity index is 1510. The van der Waals surface area contributed by atoms with Gasteiger partial charge in [-0.15, -0.1) is 0 Å². The van der Waals surface area contributed by atoms with Gasteiger partial charge in [-0.2, -0.15) is 0 Å². The van der Waals surface area contributed by atoms with Crippen molar-refractivity contribution in [1.29, 1.82) is 0 Å². The van der Waals surface area contributed by atoms with Gasteiger partial charge in [-0.3, -0.25) is 19.3 Å². The molecule has 1 aromatic carbocycles. The minimum atomic E-state index is -0.877. The number of nitrogens with zero attached hydrogens (tertiary/aromatic N) is 3. The van der Waals surface area contributed by atoms with Crippen molar-refractivity contribution in [3.63, 3.8) is 0 Å². The summed E-state index contributed by atoms with van der Waals surface area (Å²) in [6.07, 6.45) is 1.32. The Balaban J connectivity index is 1.54. The minimum Gasteiger partial charge on any atom is -0.460 e. The number of pyridine rings is 2. The zero-order valence-electron chi connectivity index (χ0n) is 20.9. The third-order valence-corrected chi connectivity index (χ3v) is 8.44. The lowest BCUT2D eigenvalue weighted by Crippen LogP contribution is -2.32. The molecule has 0 amide bonds. The second-order valence-electron chi connectivity index (χ2n) is 10.4. The summed E-state index contributed by atoms with van der Waals surface area (Å²) in [6, 6.07) is 5.82. The normalized spacial score (nSPS) is 19.6. The summed E-state index contributed by atoms with van der Waals surface area (Å²) in [5, 5.41) is 1.70. The van der Waals surface area contributed by atoms with Gasteiger partial charge in [0.1, 0.15) is 12.7 Å². The molecule has 1 fully saturated rings. The Morgan fingerprint density at radius 3 is 2.73 bits per heavy atom. The van der Waals surface area contributed by atoms with Crippen LogP contribution >= 0.6 is 11.6 Å². The van der Waals surface area contributed by atoms with Crippen molar-refractivity contribution in [2.45, 2.75) is 58.9 Å². The number of hydrogen-bond acceptors (Lipinski definition) is 7. The van der Waals surface area contributed by atoms with E-state index in [-0.39, 0.29) is 18.6 Å². The summed E-state index contributed by atoms with van der Waals surface area (Å²) in [7, 11) is 0.